The van der Waals surface area contributed by atoms with Crippen molar-refractivity contribution in [1.29, 1.82) is 0 Å². The first-order valence-corrected chi connectivity index (χ1v) is 6.37. The summed E-state index contributed by atoms with van der Waals surface area (Å²) in [7, 11) is 0. The van der Waals surface area contributed by atoms with Crippen LogP contribution in [-0.2, 0) is 9.53 Å². The maximum atomic E-state index is 12.1. The minimum atomic E-state index is -0.737. The molecule has 0 bridgehead atoms. The molecule has 1 rings (SSSR count). The average molecular weight is 250 g/mol. The molecule has 3 nitrogen and oxygen atoms in total. The first-order valence-electron chi connectivity index (χ1n) is 6.37. The second kappa shape index (κ2) is 6.55. The van der Waals surface area contributed by atoms with Crippen molar-refractivity contribution in [2.75, 3.05) is 0 Å². The van der Waals surface area contributed by atoms with E-state index < -0.39 is 12.0 Å². The van der Waals surface area contributed by atoms with Crippen LogP contribution in [0.2, 0.25) is 0 Å². The molecule has 1 N–H and O–H groups in total. The van der Waals surface area contributed by atoms with Gasteiger partial charge in [-0.1, -0.05) is 44.2 Å². The van der Waals surface area contributed by atoms with Crippen molar-refractivity contribution in [2.45, 2.75) is 45.8 Å². The van der Waals surface area contributed by atoms with Crippen LogP contribution < -0.4 is 0 Å². The minimum Gasteiger partial charge on any atom is -0.462 e. The Hall–Kier alpha value is -1.35. The van der Waals surface area contributed by atoms with E-state index >= 15 is 0 Å². The Balaban J connectivity index is 2.99. The lowest BCUT2D eigenvalue weighted by atomic mass is 9.87. The number of hydrogen-bond acceptors (Lipinski definition) is 3. The number of carbonyl (C=O) groups is 1. The molecule has 0 spiro atoms. The quantitative estimate of drug-likeness (QED) is 0.817. The zero-order valence-electron chi connectivity index (χ0n) is 11.5. The lowest BCUT2D eigenvalue weighted by molar-refractivity contribution is -0.153. The topological polar surface area (TPSA) is 46.5 Å². The summed E-state index contributed by atoms with van der Waals surface area (Å²) in [4.78, 5) is 12.1. The second-order valence-electron chi connectivity index (χ2n) is 5.11. The molecule has 0 aliphatic carbocycles. The number of esters is 1. The van der Waals surface area contributed by atoms with Gasteiger partial charge < -0.3 is 9.84 Å². The van der Waals surface area contributed by atoms with Gasteiger partial charge in [0, 0.05) is 0 Å². The van der Waals surface area contributed by atoms with Gasteiger partial charge in [-0.25, -0.2) is 0 Å². The molecule has 1 aromatic rings. The summed E-state index contributed by atoms with van der Waals surface area (Å²) in [6.45, 7) is 7.40. The van der Waals surface area contributed by atoms with Crippen molar-refractivity contribution >= 4 is 5.97 Å². The lowest BCUT2D eigenvalue weighted by Gasteiger charge is -2.25. The van der Waals surface area contributed by atoms with Gasteiger partial charge in [0.2, 0.25) is 0 Å². The van der Waals surface area contributed by atoms with Crippen LogP contribution >= 0.6 is 0 Å². The van der Waals surface area contributed by atoms with Crippen LogP contribution in [-0.4, -0.2) is 23.3 Å². The summed E-state index contributed by atoms with van der Waals surface area (Å²) >= 11 is 0. The smallest absolute Gasteiger partial charge is 0.316 e. The van der Waals surface area contributed by atoms with E-state index in [1.54, 1.807) is 0 Å². The van der Waals surface area contributed by atoms with Crippen LogP contribution in [0.15, 0.2) is 30.3 Å². The molecule has 0 unspecified atom stereocenters. The molecule has 0 fully saturated rings. The van der Waals surface area contributed by atoms with Crippen LogP contribution in [0.5, 0.6) is 0 Å². The van der Waals surface area contributed by atoms with Gasteiger partial charge in [0.15, 0.2) is 0 Å². The monoisotopic (exact) mass is 250 g/mol. The van der Waals surface area contributed by atoms with Crippen molar-refractivity contribution < 1.29 is 14.6 Å². The Kier molecular flexibility index (Phi) is 5.35. The van der Waals surface area contributed by atoms with Crippen LogP contribution in [0.1, 0.15) is 39.2 Å². The second-order valence-corrected chi connectivity index (χ2v) is 5.11. The molecule has 0 aromatic heterocycles. The maximum Gasteiger partial charge on any atom is 0.316 e. The van der Waals surface area contributed by atoms with E-state index in [4.69, 9.17) is 4.74 Å². The number of aliphatic hydroxyl groups excluding tert-OH is 1. The molecular formula is C15H22O3. The first kappa shape index (κ1) is 14.7. The number of benzene rings is 1. The predicted octanol–water partition coefficient (Wildman–Crippen LogP) is 2.74. The molecule has 18 heavy (non-hydrogen) atoms. The van der Waals surface area contributed by atoms with Gasteiger partial charge in [-0.15, -0.1) is 0 Å². The van der Waals surface area contributed by atoms with Crippen LogP contribution in [0.3, 0.4) is 0 Å². The van der Waals surface area contributed by atoms with Crippen molar-refractivity contribution in [3.05, 3.63) is 35.9 Å². The van der Waals surface area contributed by atoms with E-state index in [1.807, 2.05) is 58.0 Å². The van der Waals surface area contributed by atoms with E-state index in [-0.39, 0.29) is 18.0 Å². The van der Waals surface area contributed by atoms with Crippen molar-refractivity contribution in [3.63, 3.8) is 0 Å². The third-order valence-corrected chi connectivity index (χ3v) is 2.79. The third kappa shape index (κ3) is 3.84. The average Bonchev–Trinajstić information content (AvgIpc) is 2.29. The molecule has 0 heterocycles. The van der Waals surface area contributed by atoms with E-state index in [9.17, 15) is 9.90 Å². The highest BCUT2D eigenvalue weighted by Gasteiger charge is 2.32. The van der Waals surface area contributed by atoms with E-state index in [0.29, 0.717) is 0 Å². The predicted molar refractivity (Wildman–Crippen MR) is 71.3 cm³/mol. The Labute approximate surface area is 109 Å². The Morgan fingerprint density at radius 1 is 1.11 bits per heavy atom. The van der Waals surface area contributed by atoms with Crippen molar-refractivity contribution in [2.24, 2.45) is 5.92 Å². The molecule has 0 saturated heterocycles. The zero-order valence-corrected chi connectivity index (χ0v) is 11.5. The Morgan fingerprint density at radius 2 is 1.67 bits per heavy atom. The maximum absolute atomic E-state index is 12.1. The largest absolute Gasteiger partial charge is 0.462 e. The van der Waals surface area contributed by atoms with Gasteiger partial charge in [0.1, 0.15) is 5.92 Å². The molecular weight excluding hydrogens is 228 g/mol. The molecule has 0 amide bonds. The lowest BCUT2D eigenvalue weighted by Crippen LogP contribution is -2.32. The number of aliphatic hydroxyl groups is 1. The van der Waals surface area contributed by atoms with E-state index in [1.165, 1.54) is 0 Å². The summed E-state index contributed by atoms with van der Waals surface area (Å²) < 4.78 is 5.24. The van der Waals surface area contributed by atoms with E-state index in [2.05, 4.69) is 0 Å². The summed E-state index contributed by atoms with van der Waals surface area (Å²) in [5, 5.41) is 10.2. The van der Waals surface area contributed by atoms with Crippen LogP contribution in [0.4, 0.5) is 0 Å². The van der Waals surface area contributed by atoms with Gasteiger partial charge in [-0.05, 0) is 25.3 Å². The highest BCUT2D eigenvalue weighted by atomic mass is 16.5. The summed E-state index contributed by atoms with van der Waals surface area (Å²) in [6.07, 6.45) is -0.915. The SMILES string of the molecule is CC(C)OC(=O)[C@@H](c1ccccc1)[C@@H](O)C(C)C. The third-order valence-electron chi connectivity index (χ3n) is 2.79. The number of hydrogen-bond donors (Lipinski definition) is 1. The fourth-order valence-corrected chi connectivity index (χ4v) is 1.82. The summed E-state index contributed by atoms with van der Waals surface area (Å²) in [5.74, 6) is -0.985. The van der Waals surface area contributed by atoms with Gasteiger partial charge in [0.05, 0.1) is 12.2 Å². The fraction of sp³-hybridized carbons (Fsp3) is 0.533. The first-order chi connectivity index (χ1) is 8.43. The molecule has 0 radical (unpaired) electrons. The summed E-state index contributed by atoms with van der Waals surface area (Å²) in [5.41, 5.74) is 0.796. The number of carbonyl (C=O) groups excluding carboxylic acids is 1. The van der Waals surface area contributed by atoms with Crippen molar-refractivity contribution in [1.82, 2.24) is 0 Å². The van der Waals surface area contributed by atoms with Crippen molar-refractivity contribution in [3.8, 4) is 0 Å². The van der Waals surface area contributed by atoms with Gasteiger partial charge >= 0.3 is 5.97 Å². The number of rotatable bonds is 5. The molecule has 1 aromatic carbocycles. The van der Waals surface area contributed by atoms with Gasteiger partial charge in [-0.3, -0.25) is 4.79 Å². The Bertz CT molecular complexity index is 371. The van der Waals surface area contributed by atoms with E-state index in [0.717, 1.165) is 5.56 Å². The minimum absolute atomic E-state index is 0.00471. The van der Waals surface area contributed by atoms with Gasteiger partial charge in [-0.2, -0.15) is 0 Å². The molecule has 0 saturated carbocycles. The van der Waals surface area contributed by atoms with Crippen LogP contribution in [0.25, 0.3) is 0 Å². The molecule has 0 aliphatic rings. The molecule has 100 valence electrons. The molecule has 0 aliphatic heterocycles. The van der Waals surface area contributed by atoms with Crippen LogP contribution in [0, 0.1) is 5.92 Å². The molecule has 2 atom stereocenters. The molecule has 3 heteroatoms. The normalized spacial score (nSPS) is 14.6. The van der Waals surface area contributed by atoms with Gasteiger partial charge in [0.25, 0.3) is 0 Å². The highest BCUT2D eigenvalue weighted by molar-refractivity contribution is 5.79. The number of ether oxygens (including phenoxy) is 1. The standard InChI is InChI=1S/C15H22O3/c1-10(2)14(16)13(15(17)18-11(3)4)12-8-6-5-7-9-12/h5-11,13-14,16H,1-4H3/t13-,14-/m0/s1. The summed E-state index contributed by atoms with van der Waals surface area (Å²) in [6, 6.07) is 9.29. The Morgan fingerprint density at radius 3 is 2.11 bits per heavy atom. The highest BCUT2D eigenvalue weighted by Crippen LogP contribution is 2.26. The zero-order chi connectivity index (χ0) is 13.7. The fourth-order valence-electron chi connectivity index (χ4n) is 1.82.